The number of ether oxygens (including phenoxy) is 4. The number of nitrogens with one attached hydrogen (secondary N) is 2. The van der Waals surface area contributed by atoms with Gasteiger partial charge in [-0.3, -0.25) is 0 Å². The van der Waals surface area contributed by atoms with E-state index < -0.39 is 114 Å². The van der Waals surface area contributed by atoms with Gasteiger partial charge < -0.3 is 28.9 Å². The molecule has 0 atom stereocenters. The lowest BCUT2D eigenvalue weighted by Gasteiger charge is -2.09. The Bertz CT molecular complexity index is 3170. The van der Waals surface area contributed by atoms with Crippen LogP contribution in [0.15, 0.2) is 97.1 Å². The summed E-state index contributed by atoms with van der Waals surface area (Å²) in [6.45, 7) is 0. The second-order valence-corrected chi connectivity index (χ2v) is 14.3. The number of benzene rings is 4. The molecule has 0 fully saturated rings. The lowest BCUT2D eigenvalue weighted by atomic mass is 10.0. The number of halogens is 8. The minimum Gasteiger partial charge on any atom is -0.497 e. The summed E-state index contributed by atoms with van der Waals surface area (Å²) in [5, 5.41) is 0. The zero-order valence-electron chi connectivity index (χ0n) is 33.8. The highest BCUT2D eigenvalue weighted by molar-refractivity contribution is 6.05. The van der Waals surface area contributed by atoms with E-state index >= 15 is 35.1 Å². The van der Waals surface area contributed by atoms with Crippen LogP contribution in [-0.4, -0.2) is 48.4 Å². The zero-order chi connectivity index (χ0) is 45.1. The lowest BCUT2D eigenvalue weighted by Crippen LogP contribution is -1.94. The standard InChI is InChI=1S/C48H30F8N4O4/c1-61-25-13-5-9-21(17-25)29-41-33(49)35(51)43(57-41)30(22-10-6-14-26(18-22)62-2)45-37(53)39(55)47(59-45)32(24-12-8-16-28(20-24)64-4)48-40(56)38(54)46(60-48)31(23-11-7-15-27(19-23)63-3)44-36(52)34(50)42(29)58-44/h5-20,57-58H,1-4H3. The molecule has 8 nitrogen and oxygen atoms in total. The Kier molecular flexibility index (Phi) is 10.4. The van der Waals surface area contributed by atoms with E-state index in [2.05, 4.69) is 19.9 Å². The van der Waals surface area contributed by atoms with Gasteiger partial charge in [0.25, 0.3) is 0 Å². The molecule has 0 saturated carbocycles. The number of rotatable bonds is 8. The number of aromatic nitrogens is 4. The van der Waals surface area contributed by atoms with Gasteiger partial charge in [-0.15, -0.1) is 0 Å². The lowest BCUT2D eigenvalue weighted by molar-refractivity contribution is 0.415. The summed E-state index contributed by atoms with van der Waals surface area (Å²) in [5.41, 5.74) is -9.65. The molecule has 3 aromatic heterocycles. The minimum absolute atomic E-state index is 0.0702. The number of fused-ring (bicyclic) bond motifs is 8. The van der Waals surface area contributed by atoms with E-state index in [1.54, 1.807) is 0 Å². The SMILES string of the molecule is COc1cccc(-c2c3nc(c(-c4cccc(OC)c4)c4[nH]c(c(F)c4F)c(-c4cccc(OC)c4)c4[nH]c(c(F)c4F)c(-c4cccc(OC)c4)c4nc2C(F)=C4F)C(F)=C3F)c1. The Morgan fingerprint density at radius 3 is 0.891 bits per heavy atom. The highest BCUT2D eigenvalue weighted by Gasteiger charge is 2.35. The second kappa shape index (κ2) is 16.1. The van der Waals surface area contributed by atoms with Gasteiger partial charge >= 0.3 is 0 Å². The van der Waals surface area contributed by atoms with Gasteiger partial charge in [-0.1, -0.05) is 48.5 Å². The van der Waals surface area contributed by atoms with E-state index in [0.29, 0.717) is 0 Å². The Morgan fingerprint density at radius 1 is 0.344 bits per heavy atom. The van der Waals surface area contributed by atoms with Gasteiger partial charge in [-0.05, 0) is 70.8 Å². The number of H-pyrrole nitrogens is 2. The smallest absolute Gasteiger partial charge is 0.187 e. The molecule has 0 saturated heterocycles. The second-order valence-electron chi connectivity index (χ2n) is 14.3. The normalized spacial score (nSPS) is 12.6. The molecule has 0 unspecified atom stereocenters. The fourth-order valence-electron chi connectivity index (χ4n) is 7.81. The van der Waals surface area contributed by atoms with Crippen LogP contribution < -0.4 is 18.9 Å². The molecule has 0 aliphatic carbocycles. The van der Waals surface area contributed by atoms with Crippen molar-refractivity contribution < 1.29 is 54.1 Å². The Labute approximate surface area is 357 Å². The van der Waals surface area contributed by atoms with Gasteiger partial charge in [0.05, 0.1) is 50.5 Å². The van der Waals surface area contributed by atoms with Crippen molar-refractivity contribution in [2.75, 3.05) is 28.4 Å². The molecule has 2 N–H and O–H groups in total. The molecule has 9 rings (SSSR count). The van der Waals surface area contributed by atoms with Crippen molar-refractivity contribution in [2.24, 2.45) is 0 Å². The van der Waals surface area contributed by atoms with Crippen LogP contribution in [0.4, 0.5) is 35.1 Å². The maximum Gasteiger partial charge on any atom is 0.187 e. The summed E-state index contributed by atoms with van der Waals surface area (Å²) in [6.07, 6.45) is 0. The van der Waals surface area contributed by atoms with E-state index in [4.69, 9.17) is 18.9 Å². The maximum absolute atomic E-state index is 16.9. The van der Waals surface area contributed by atoms with Gasteiger partial charge in [0.15, 0.2) is 46.6 Å². The number of methoxy groups -OCH3 is 4. The monoisotopic (exact) mass is 878 g/mol. The van der Waals surface area contributed by atoms with Gasteiger partial charge in [-0.2, -0.15) is 0 Å². The van der Waals surface area contributed by atoms with Gasteiger partial charge in [0.1, 0.15) is 45.8 Å². The molecule has 322 valence electrons. The molecular weight excluding hydrogens is 849 g/mol. The fourth-order valence-corrected chi connectivity index (χ4v) is 7.81. The van der Waals surface area contributed by atoms with Crippen LogP contribution in [0.3, 0.4) is 0 Å². The van der Waals surface area contributed by atoms with E-state index in [1.165, 1.54) is 126 Å². The molecule has 4 aromatic carbocycles. The Balaban J connectivity index is 1.62. The first-order valence-electron chi connectivity index (χ1n) is 19.1. The van der Waals surface area contributed by atoms with Gasteiger partial charge in [0, 0.05) is 22.3 Å². The quantitative estimate of drug-likeness (QED) is 0.148. The average Bonchev–Trinajstić information content (AvgIpc) is 3.98. The van der Waals surface area contributed by atoms with Crippen molar-refractivity contribution in [3.63, 3.8) is 0 Å². The van der Waals surface area contributed by atoms with Crippen LogP contribution >= 0.6 is 0 Å². The van der Waals surface area contributed by atoms with Crippen LogP contribution in [-0.2, 0) is 0 Å². The number of nitrogens with zero attached hydrogens (tertiary/aromatic N) is 2. The summed E-state index contributed by atoms with van der Waals surface area (Å²) in [6, 6.07) is 22.3. The summed E-state index contributed by atoms with van der Waals surface area (Å²) < 4.78 is 157. The molecule has 64 heavy (non-hydrogen) atoms. The fraction of sp³-hybridized carbons (Fsp3) is 0.0833. The Morgan fingerprint density at radius 2 is 0.594 bits per heavy atom. The van der Waals surface area contributed by atoms with Crippen molar-refractivity contribution >= 4 is 45.4 Å². The number of aromatic amines is 2. The zero-order valence-corrected chi connectivity index (χ0v) is 33.8. The van der Waals surface area contributed by atoms with E-state index in [-0.39, 0.29) is 45.3 Å². The molecule has 0 amide bonds. The van der Waals surface area contributed by atoms with Crippen molar-refractivity contribution in [2.45, 2.75) is 0 Å². The van der Waals surface area contributed by atoms with E-state index in [1.807, 2.05) is 0 Å². The highest BCUT2D eigenvalue weighted by atomic mass is 19.2. The molecule has 8 bridgehead atoms. The molecule has 0 spiro atoms. The third-order valence-corrected chi connectivity index (χ3v) is 10.8. The van der Waals surface area contributed by atoms with Crippen molar-refractivity contribution in [1.82, 2.24) is 19.9 Å². The molecule has 2 aliphatic heterocycles. The average molecular weight is 879 g/mol. The number of hydrogen-bond acceptors (Lipinski definition) is 6. The molecule has 16 heteroatoms. The van der Waals surface area contributed by atoms with Gasteiger partial charge in [0.2, 0.25) is 0 Å². The third-order valence-electron chi connectivity index (χ3n) is 10.8. The molecule has 2 aliphatic rings. The summed E-state index contributed by atoms with van der Waals surface area (Å²) in [7, 11) is 5.24. The highest BCUT2D eigenvalue weighted by Crippen LogP contribution is 2.49. The van der Waals surface area contributed by atoms with Crippen LogP contribution in [0, 0.1) is 23.3 Å². The largest absolute Gasteiger partial charge is 0.497 e. The summed E-state index contributed by atoms with van der Waals surface area (Å²) >= 11 is 0. The van der Waals surface area contributed by atoms with Crippen LogP contribution in [0.25, 0.3) is 89.9 Å². The maximum atomic E-state index is 16.9. The first-order chi connectivity index (χ1) is 30.9. The third kappa shape index (κ3) is 6.60. The summed E-state index contributed by atoms with van der Waals surface area (Å²) in [4.78, 5) is 13.8. The van der Waals surface area contributed by atoms with Crippen molar-refractivity contribution in [1.29, 1.82) is 0 Å². The predicted molar refractivity (Wildman–Crippen MR) is 227 cm³/mol. The van der Waals surface area contributed by atoms with Crippen LogP contribution in [0.2, 0.25) is 0 Å². The molecule has 7 aromatic rings. The number of hydrogen-bond donors (Lipinski definition) is 2. The van der Waals surface area contributed by atoms with Crippen LogP contribution in [0.1, 0.15) is 22.8 Å². The predicted octanol–water partition coefficient (Wildman–Crippen LogP) is 13.1. The molecular formula is C48H30F8N4O4. The molecule has 0 radical (unpaired) electrons. The summed E-state index contributed by atoms with van der Waals surface area (Å²) in [5.74, 6) is -12.9. The first-order valence-corrected chi connectivity index (χ1v) is 19.1. The topological polar surface area (TPSA) is 94.3 Å². The first kappa shape index (κ1) is 41.5. The van der Waals surface area contributed by atoms with Crippen molar-refractivity contribution in [3.05, 3.63) is 143 Å². The Hall–Kier alpha value is -7.88. The van der Waals surface area contributed by atoms with E-state index in [0.717, 1.165) is 0 Å². The van der Waals surface area contributed by atoms with Gasteiger partial charge in [-0.25, -0.2) is 45.1 Å². The minimum atomic E-state index is -1.71. The van der Waals surface area contributed by atoms with E-state index in [9.17, 15) is 0 Å². The van der Waals surface area contributed by atoms with Crippen LogP contribution in [0.5, 0.6) is 23.0 Å². The molecule has 5 heterocycles. The van der Waals surface area contributed by atoms with Crippen molar-refractivity contribution in [3.8, 4) is 67.5 Å².